The van der Waals surface area contributed by atoms with Crippen LogP contribution in [-0.4, -0.2) is 39.7 Å². The van der Waals surface area contributed by atoms with Crippen molar-refractivity contribution in [2.45, 2.75) is 38.3 Å². The molecular formula is C26H26F2N2O4. The Labute approximate surface area is 196 Å². The largest absolute Gasteiger partial charge is 0.481 e. The highest BCUT2D eigenvalue weighted by Gasteiger charge is 2.31. The number of rotatable bonds is 6. The molecule has 0 radical (unpaired) electrons. The molecule has 6 nitrogen and oxygen atoms in total. The van der Waals surface area contributed by atoms with Gasteiger partial charge < -0.3 is 14.7 Å². The van der Waals surface area contributed by atoms with Gasteiger partial charge in [0, 0.05) is 31.1 Å². The second-order valence-electron chi connectivity index (χ2n) is 7.91. The van der Waals surface area contributed by atoms with Gasteiger partial charge in [0.15, 0.2) is 0 Å². The van der Waals surface area contributed by atoms with Crippen LogP contribution in [0.25, 0.3) is 11.1 Å². The number of cyclic esters (lactones) is 1. The van der Waals surface area contributed by atoms with Crippen molar-refractivity contribution in [2.75, 3.05) is 6.54 Å². The summed E-state index contributed by atoms with van der Waals surface area (Å²) in [5.74, 6) is -1.46. The number of aromatic nitrogens is 1. The molecule has 1 amide bonds. The van der Waals surface area contributed by atoms with Crippen molar-refractivity contribution in [1.29, 1.82) is 0 Å². The van der Waals surface area contributed by atoms with E-state index in [1.54, 1.807) is 29.3 Å². The van der Waals surface area contributed by atoms with Crippen LogP contribution in [-0.2, 0) is 9.53 Å². The van der Waals surface area contributed by atoms with E-state index in [0.717, 1.165) is 17.3 Å². The van der Waals surface area contributed by atoms with Crippen LogP contribution in [0.1, 0.15) is 37.8 Å². The Hall–Kier alpha value is -3.81. The van der Waals surface area contributed by atoms with Gasteiger partial charge in [-0.15, -0.1) is 0 Å². The Bertz CT molecular complexity index is 1090. The van der Waals surface area contributed by atoms with Crippen molar-refractivity contribution < 1.29 is 28.2 Å². The molecule has 34 heavy (non-hydrogen) atoms. The van der Waals surface area contributed by atoms with E-state index in [0.29, 0.717) is 24.9 Å². The van der Waals surface area contributed by atoms with E-state index in [9.17, 15) is 18.4 Å². The fraction of sp³-hybridized carbons (Fsp3) is 0.269. The Morgan fingerprint density at radius 1 is 1.09 bits per heavy atom. The van der Waals surface area contributed by atoms with Crippen LogP contribution >= 0.6 is 0 Å². The van der Waals surface area contributed by atoms with Gasteiger partial charge in [-0.25, -0.2) is 13.6 Å². The van der Waals surface area contributed by atoms with Crippen molar-refractivity contribution in [3.05, 3.63) is 90.3 Å². The highest BCUT2D eigenvalue weighted by Crippen LogP contribution is 2.28. The lowest BCUT2D eigenvalue weighted by Crippen LogP contribution is -2.43. The summed E-state index contributed by atoms with van der Waals surface area (Å²) in [6.07, 6.45) is 2.91. The lowest BCUT2D eigenvalue weighted by atomic mass is 10.0. The first kappa shape index (κ1) is 24.8. The first-order valence-electron chi connectivity index (χ1n) is 10.9. The second-order valence-corrected chi connectivity index (χ2v) is 7.91. The summed E-state index contributed by atoms with van der Waals surface area (Å²) < 4.78 is 30.6. The van der Waals surface area contributed by atoms with Crippen molar-refractivity contribution >= 4 is 12.1 Å². The van der Waals surface area contributed by atoms with Gasteiger partial charge in [-0.3, -0.25) is 9.78 Å². The van der Waals surface area contributed by atoms with E-state index < -0.39 is 17.9 Å². The minimum Gasteiger partial charge on any atom is -0.481 e. The fourth-order valence-electron chi connectivity index (χ4n) is 3.60. The van der Waals surface area contributed by atoms with Gasteiger partial charge in [0.1, 0.15) is 17.7 Å². The van der Waals surface area contributed by atoms with Gasteiger partial charge in [-0.05, 0) is 42.7 Å². The number of hydrogen-bond donors (Lipinski definition) is 1. The molecule has 4 rings (SSSR count). The van der Waals surface area contributed by atoms with Gasteiger partial charge >= 0.3 is 12.1 Å². The average Bonchev–Trinajstić information content (AvgIpc) is 2.83. The number of ether oxygens (including phenoxy) is 1. The number of carboxylic acids is 1. The zero-order valence-electron chi connectivity index (χ0n) is 18.7. The number of amides is 1. The molecule has 178 valence electrons. The maximum Gasteiger partial charge on any atom is 0.410 e. The van der Waals surface area contributed by atoms with Crippen LogP contribution in [0.3, 0.4) is 0 Å². The molecule has 8 heteroatoms. The zero-order valence-corrected chi connectivity index (χ0v) is 18.7. The van der Waals surface area contributed by atoms with E-state index in [1.807, 2.05) is 31.2 Å². The van der Waals surface area contributed by atoms with Gasteiger partial charge in [-0.1, -0.05) is 42.5 Å². The summed E-state index contributed by atoms with van der Waals surface area (Å²) in [6.45, 7) is 2.43. The van der Waals surface area contributed by atoms with Crippen LogP contribution in [0.15, 0.2) is 73.1 Å². The van der Waals surface area contributed by atoms with E-state index in [-0.39, 0.29) is 24.4 Å². The maximum atomic E-state index is 13.3. The van der Waals surface area contributed by atoms with Gasteiger partial charge in [0.05, 0.1) is 12.2 Å². The Kier molecular flexibility index (Phi) is 8.67. The highest BCUT2D eigenvalue weighted by atomic mass is 19.1. The lowest BCUT2D eigenvalue weighted by molar-refractivity contribution is -0.137. The number of aliphatic carboxylic acids is 1. The zero-order chi connectivity index (χ0) is 24.5. The molecule has 0 aliphatic carbocycles. The first-order chi connectivity index (χ1) is 16.3. The molecule has 2 atom stereocenters. The second kappa shape index (κ2) is 11.9. The van der Waals surface area contributed by atoms with E-state index in [2.05, 4.69) is 4.98 Å². The number of carbonyl (C=O) groups is 2. The number of carboxylic acid groups (broad SMARTS) is 1. The summed E-state index contributed by atoms with van der Waals surface area (Å²) in [5, 5.41) is 8.74. The molecule has 0 bridgehead atoms. The van der Waals surface area contributed by atoms with Gasteiger partial charge in [0.25, 0.3) is 0 Å². The number of benzene rings is 2. The Balaban J connectivity index is 0.000000396. The molecule has 0 spiro atoms. The lowest BCUT2D eigenvalue weighted by Gasteiger charge is -2.35. The summed E-state index contributed by atoms with van der Waals surface area (Å²) in [5.41, 5.74) is 2.46. The molecule has 1 aliphatic rings. The van der Waals surface area contributed by atoms with Crippen LogP contribution in [0, 0.1) is 11.6 Å². The molecular weight excluding hydrogens is 442 g/mol. The fourth-order valence-corrected chi connectivity index (χ4v) is 3.60. The van der Waals surface area contributed by atoms with Crippen molar-refractivity contribution in [3.8, 4) is 11.1 Å². The third-order valence-corrected chi connectivity index (χ3v) is 5.51. The Morgan fingerprint density at radius 3 is 2.35 bits per heavy atom. The van der Waals surface area contributed by atoms with Gasteiger partial charge in [-0.2, -0.15) is 0 Å². The summed E-state index contributed by atoms with van der Waals surface area (Å²) in [4.78, 5) is 28.4. The summed E-state index contributed by atoms with van der Waals surface area (Å²) >= 11 is 0. The average molecular weight is 469 g/mol. The molecule has 3 aromatic rings. The van der Waals surface area contributed by atoms with Crippen LogP contribution < -0.4 is 0 Å². The predicted molar refractivity (Wildman–Crippen MR) is 123 cm³/mol. The minimum atomic E-state index is -0.893. The Morgan fingerprint density at radius 2 is 1.79 bits per heavy atom. The molecule has 0 saturated carbocycles. The van der Waals surface area contributed by atoms with E-state index in [4.69, 9.17) is 9.84 Å². The highest BCUT2D eigenvalue weighted by molar-refractivity contribution is 5.70. The quantitative estimate of drug-likeness (QED) is 0.491. The number of halogens is 2. The molecule has 2 aromatic carbocycles. The third-order valence-electron chi connectivity index (χ3n) is 5.51. The number of pyridine rings is 1. The van der Waals surface area contributed by atoms with Crippen LogP contribution in [0.2, 0.25) is 0 Å². The number of nitrogens with zero attached hydrogens (tertiary/aromatic N) is 2. The molecule has 1 aromatic heterocycles. The number of hydrogen-bond acceptors (Lipinski definition) is 4. The van der Waals surface area contributed by atoms with Crippen molar-refractivity contribution in [2.24, 2.45) is 0 Å². The van der Waals surface area contributed by atoms with Crippen LogP contribution in [0.5, 0.6) is 0 Å². The first-order valence-corrected chi connectivity index (χ1v) is 10.9. The molecule has 1 N–H and O–H groups in total. The molecule has 1 aliphatic heterocycles. The minimum absolute atomic E-state index is 0.0100. The molecule has 2 unspecified atom stereocenters. The predicted octanol–water partition coefficient (Wildman–Crippen LogP) is 5.85. The van der Waals surface area contributed by atoms with Crippen molar-refractivity contribution in [3.63, 3.8) is 0 Å². The van der Waals surface area contributed by atoms with Crippen LogP contribution in [0.4, 0.5) is 13.6 Å². The standard InChI is InChI=1S/C20H21FN2O4.C6H5F/c1-13(23-9-8-18(27-20(23)26)6-7-19(24)25)14-2-4-15(5-3-14)16-10-17(21)12-22-11-16;7-6-4-2-1-3-5-6/h2-5,10-13,18H,6-9H2,1H3,(H,24,25);1-5H. The van der Waals surface area contributed by atoms with E-state index in [1.165, 1.54) is 18.2 Å². The summed E-state index contributed by atoms with van der Waals surface area (Å²) in [7, 11) is 0. The molecule has 1 saturated heterocycles. The smallest absolute Gasteiger partial charge is 0.410 e. The third kappa shape index (κ3) is 7.10. The van der Waals surface area contributed by atoms with Gasteiger partial charge in [0.2, 0.25) is 0 Å². The van der Waals surface area contributed by atoms with E-state index >= 15 is 0 Å². The molecule has 1 fully saturated rings. The SMILES string of the molecule is CC(c1ccc(-c2cncc(F)c2)cc1)N1CCC(CCC(=O)O)OC1=O.Fc1ccccc1. The van der Waals surface area contributed by atoms with Crippen molar-refractivity contribution in [1.82, 2.24) is 9.88 Å². The normalized spacial score (nSPS) is 16.1. The summed E-state index contributed by atoms with van der Waals surface area (Å²) in [6, 6.07) is 16.7. The molecule has 2 heterocycles. The topological polar surface area (TPSA) is 79.7 Å². The monoisotopic (exact) mass is 468 g/mol. The maximum absolute atomic E-state index is 13.3. The number of carbonyl (C=O) groups excluding carboxylic acids is 1.